The Bertz CT molecular complexity index is 1150. The number of hydrogen-bond donors (Lipinski definition) is 0. The van der Waals surface area contributed by atoms with Crippen molar-refractivity contribution in [2.24, 2.45) is 0 Å². The predicted octanol–water partition coefficient (Wildman–Crippen LogP) is 2.49. The number of ether oxygens (including phenoxy) is 1. The Morgan fingerprint density at radius 1 is 1.17 bits per heavy atom. The molecule has 0 saturated carbocycles. The largest absolute Gasteiger partial charge is 0.437 e. The van der Waals surface area contributed by atoms with Gasteiger partial charge in [-0.15, -0.1) is 0 Å². The third-order valence-electron chi connectivity index (χ3n) is 4.19. The lowest BCUT2D eigenvalue weighted by atomic mass is 9.92. The number of para-hydroxylation sites is 1. The highest BCUT2D eigenvalue weighted by atomic mass is 16.5. The van der Waals surface area contributed by atoms with E-state index in [0.29, 0.717) is 28.4 Å². The molecule has 1 aliphatic heterocycles. The van der Waals surface area contributed by atoms with Crippen LogP contribution in [0.5, 0.6) is 11.6 Å². The van der Waals surface area contributed by atoms with Crippen molar-refractivity contribution in [1.82, 2.24) is 19.6 Å². The summed E-state index contributed by atoms with van der Waals surface area (Å²) in [6, 6.07) is 7.30. The Morgan fingerprint density at radius 3 is 2.96 bits per heavy atom. The van der Waals surface area contributed by atoms with Crippen LogP contribution in [0.25, 0.3) is 16.6 Å². The number of fused-ring (bicyclic) bond motifs is 6. The van der Waals surface area contributed by atoms with E-state index in [1.807, 2.05) is 25.1 Å². The monoisotopic (exact) mass is 306 g/mol. The first-order valence-corrected chi connectivity index (χ1v) is 7.16. The van der Waals surface area contributed by atoms with E-state index in [9.17, 15) is 4.79 Å². The molecule has 7 nitrogen and oxygen atoms in total. The molecule has 5 rings (SSSR count). The SMILES string of the molecule is C[C@@H]1c2c(c3ccccc3oc2=O)Oc2ncn3ncnc3c21. The highest BCUT2D eigenvalue weighted by Gasteiger charge is 2.33. The second kappa shape index (κ2) is 4.16. The molecule has 4 heterocycles. The number of nitrogens with zero attached hydrogens (tertiary/aromatic N) is 4. The molecule has 3 aromatic heterocycles. The van der Waals surface area contributed by atoms with Gasteiger partial charge in [0.25, 0.3) is 0 Å². The molecule has 112 valence electrons. The standard InChI is InChI=1S/C16H10N4O3/c1-8-11-13(9-4-2-3-5-10(9)22-16(11)21)23-15-12(8)14-17-6-19-20(14)7-18-15/h2-8H,1H3/t8-/m1/s1. The fourth-order valence-corrected chi connectivity index (χ4v) is 3.12. The summed E-state index contributed by atoms with van der Waals surface area (Å²) in [6.07, 6.45) is 2.99. The first-order chi connectivity index (χ1) is 11.2. The molecule has 1 aliphatic rings. The minimum atomic E-state index is -0.404. The molecule has 0 spiro atoms. The van der Waals surface area contributed by atoms with Crippen LogP contribution in [0.1, 0.15) is 24.0 Å². The van der Waals surface area contributed by atoms with E-state index in [2.05, 4.69) is 15.1 Å². The summed E-state index contributed by atoms with van der Waals surface area (Å²) in [4.78, 5) is 21.0. The van der Waals surface area contributed by atoms with E-state index in [0.717, 1.165) is 10.9 Å². The molecule has 23 heavy (non-hydrogen) atoms. The van der Waals surface area contributed by atoms with Crippen LogP contribution in [-0.4, -0.2) is 19.6 Å². The van der Waals surface area contributed by atoms with Gasteiger partial charge in [-0.05, 0) is 12.1 Å². The molecule has 0 N–H and O–H groups in total. The van der Waals surface area contributed by atoms with Gasteiger partial charge in [-0.2, -0.15) is 5.10 Å². The Kier molecular flexibility index (Phi) is 2.23. The summed E-state index contributed by atoms with van der Waals surface area (Å²) in [5, 5.41) is 4.83. The van der Waals surface area contributed by atoms with Crippen LogP contribution in [-0.2, 0) is 0 Å². The van der Waals surface area contributed by atoms with Crippen molar-refractivity contribution >= 4 is 16.6 Å². The zero-order chi connectivity index (χ0) is 15.6. The Morgan fingerprint density at radius 2 is 2.04 bits per heavy atom. The highest BCUT2D eigenvalue weighted by molar-refractivity contribution is 5.86. The van der Waals surface area contributed by atoms with Gasteiger partial charge in [-0.3, -0.25) is 0 Å². The molecule has 0 aliphatic carbocycles. The van der Waals surface area contributed by atoms with E-state index >= 15 is 0 Å². The van der Waals surface area contributed by atoms with Crippen LogP contribution < -0.4 is 10.4 Å². The normalized spacial score (nSPS) is 16.1. The topological polar surface area (TPSA) is 82.5 Å². The molecular weight excluding hydrogens is 296 g/mol. The maximum absolute atomic E-state index is 12.5. The molecule has 0 fully saturated rings. The van der Waals surface area contributed by atoms with Gasteiger partial charge >= 0.3 is 5.63 Å². The molecule has 0 amide bonds. The number of rotatable bonds is 0. The fraction of sp³-hybridized carbons (Fsp3) is 0.125. The third kappa shape index (κ3) is 1.53. The molecule has 0 saturated heterocycles. The van der Waals surface area contributed by atoms with Crippen molar-refractivity contribution in [2.75, 3.05) is 0 Å². The Labute approximate surface area is 129 Å². The molecule has 7 heteroatoms. The van der Waals surface area contributed by atoms with Crippen LogP contribution in [0.2, 0.25) is 0 Å². The van der Waals surface area contributed by atoms with E-state index in [4.69, 9.17) is 9.15 Å². The summed E-state index contributed by atoms with van der Waals surface area (Å²) in [5.41, 5.74) is 1.93. The lowest BCUT2D eigenvalue weighted by Crippen LogP contribution is -2.19. The number of hydrogen-bond acceptors (Lipinski definition) is 6. The average Bonchev–Trinajstić information content (AvgIpc) is 3.03. The summed E-state index contributed by atoms with van der Waals surface area (Å²) in [5.74, 6) is 0.699. The molecule has 1 atom stereocenters. The quantitative estimate of drug-likeness (QED) is 0.464. The lowest BCUT2D eigenvalue weighted by molar-refractivity contribution is 0.419. The van der Waals surface area contributed by atoms with Gasteiger partial charge in [-0.1, -0.05) is 19.1 Å². The smallest absolute Gasteiger partial charge is 0.343 e. The minimum Gasteiger partial charge on any atom is -0.437 e. The molecule has 0 radical (unpaired) electrons. The van der Waals surface area contributed by atoms with Crippen LogP contribution in [0, 0.1) is 0 Å². The van der Waals surface area contributed by atoms with Crippen molar-refractivity contribution in [1.29, 1.82) is 0 Å². The zero-order valence-corrected chi connectivity index (χ0v) is 12.1. The lowest BCUT2D eigenvalue weighted by Gasteiger charge is -2.24. The van der Waals surface area contributed by atoms with Crippen LogP contribution in [0.3, 0.4) is 0 Å². The van der Waals surface area contributed by atoms with Gasteiger partial charge < -0.3 is 9.15 Å². The van der Waals surface area contributed by atoms with Crippen molar-refractivity contribution in [3.63, 3.8) is 0 Å². The predicted molar refractivity (Wildman–Crippen MR) is 80.9 cm³/mol. The van der Waals surface area contributed by atoms with Crippen molar-refractivity contribution in [3.8, 4) is 11.6 Å². The summed E-state index contributed by atoms with van der Waals surface area (Å²) in [7, 11) is 0. The van der Waals surface area contributed by atoms with Crippen molar-refractivity contribution in [3.05, 3.63) is 58.5 Å². The van der Waals surface area contributed by atoms with Crippen LogP contribution in [0.15, 0.2) is 46.1 Å². The maximum Gasteiger partial charge on any atom is 0.343 e. The van der Waals surface area contributed by atoms with Gasteiger partial charge in [0.05, 0.1) is 16.5 Å². The Balaban J connectivity index is 1.89. The zero-order valence-electron chi connectivity index (χ0n) is 12.1. The van der Waals surface area contributed by atoms with Crippen LogP contribution in [0.4, 0.5) is 0 Å². The van der Waals surface area contributed by atoms with Gasteiger partial charge in [0.1, 0.15) is 18.2 Å². The average molecular weight is 306 g/mol. The number of aromatic nitrogens is 4. The molecule has 0 unspecified atom stereocenters. The first-order valence-electron chi connectivity index (χ1n) is 7.16. The fourth-order valence-electron chi connectivity index (χ4n) is 3.12. The van der Waals surface area contributed by atoms with Gasteiger partial charge in [0, 0.05) is 5.92 Å². The third-order valence-corrected chi connectivity index (χ3v) is 4.19. The van der Waals surface area contributed by atoms with Gasteiger partial charge in [0.2, 0.25) is 5.88 Å². The second-order valence-corrected chi connectivity index (χ2v) is 5.44. The summed E-state index contributed by atoms with van der Waals surface area (Å²) >= 11 is 0. The second-order valence-electron chi connectivity index (χ2n) is 5.44. The van der Waals surface area contributed by atoms with E-state index < -0.39 is 5.63 Å². The summed E-state index contributed by atoms with van der Waals surface area (Å²) < 4.78 is 13.0. The van der Waals surface area contributed by atoms with Gasteiger partial charge in [0.15, 0.2) is 11.4 Å². The van der Waals surface area contributed by atoms with Crippen LogP contribution >= 0.6 is 0 Å². The summed E-state index contributed by atoms with van der Waals surface area (Å²) in [6.45, 7) is 1.92. The van der Waals surface area contributed by atoms with E-state index in [1.165, 1.54) is 6.33 Å². The van der Waals surface area contributed by atoms with Crippen molar-refractivity contribution < 1.29 is 9.15 Å². The van der Waals surface area contributed by atoms with Crippen molar-refractivity contribution in [2.45, 2.75) is 12.8 Å². The van der Waals surface area contributed by atoms with Gasteiger partial charge in [-0.25, -0.2) is 19.3 Å². The molecule has 1 aromatic carbocycles. The Hall–Kier alpha value is -3.22. The molecule has 4 aromatic rings. The first kappa shape index (κ1) is 12.3. The van der Waals surface area contributed by atoms with E-state index in [-0.39, 0.29) is 5.92 Å². The minimum absolute atomic E-state index is 0.255. The molecule has 0 bridgehead atoms. The number of benzene rings is 1. The maximum atomic E-state index is 12.5. The molecular formula is C16H10N4O3. The van der Waals surface area contributed by atoms with E-state index in [1.54, 1.807) is 16.9 Å². The highest BCUT2D eigenvalue weighted by Crippen LogP contribution is 2.45.